The average Bonchev–Trinajstić information content (AvgIpc) is 2.25. The standard InChI is InChI=1S/C9H7FN4S/c10-6-5-13-9(11)14-8(6)15-7-3-1-2-4-12-7/h1-5H,(H2,11,13,14). The van der Waals surface area contributed by atoms with Crippen molar-refractivity contribution in [3.8, 4) is 0 Å². The van der Waals surface area contributed by atoms with Crippen molar-refractivity contribution < 1.29 is 4.39 Å². The lowest BCUT2D eigenvalue weighted by Gasteiger charge is -2.01. The zero-order valence-corrected chi connectivity index (χ0v) is 8.41. The molecule has 0 spiro atoms. The van der Waals surface area contributed by atoms with E-state index in [0.717, 1.165) is 18.0 Å². The first-order valence-corrected chi connectivity index (χ1v) is 4.94. The fraction of sp³-hybridized carbons (Fsp3) is 0. The highest BCUT2D eigenvalue weighted by atomic mass is 32.2. The highest BCUT2D eigenvalue weighted by Crippen LogP contribution is 2.25. The van der Waals surface area contributed by atoms with Gasteiger partial charge in [0.15, 0.2) is 5.82 Å². The van der Waals surface area contributed by atoms with Crippen LogP contribution in [-0.2, 0) is 0 Å². The van der Waals surface area contributed by atoms with Gasteiger partial charge in [-0.3, -0.25) is 0 Å². The highest BCUT2D eigenvalue weighted by Gasteiger charge is 2.07. The molecule has 0 radical (unpaired) electrons. The Morgan fingerprint density at radius 1 is 1.27 bits per heavy atom. The van der Waals surface area contributed by atoms with Crippen LogP contribution in [0.1, 0.15) is 0 Å². The van der Waals surface area contributed by atoms with Crippen molar-refractivity contribution in [1.29, 1.82) is 0 Å². The first-order chi connectivity index (χ1) is 7.25. The molecule has 0 fully saturated rings. The molecule has 0 aliphatic carbocycles. The molecule has 2 rings (SSSR count). The van der Waals surface area contributed by atoms with Crippen LogP contribution in [0.4, 0.5) is 10.3 Å². The molecule has 0 saturated heterocycles. The minimum Gasteiger partial charge on any atom is -0.368 e. The first-order valence-electron chi connectivity index (χ1n) is 4.12. The number of halogens is 1. The van der Waals surface area contributed by atoms with Crippen LogP contribution in [0.3, 0.4) is 0 Å². The van der Waals surface area contributed by atoms with Gasteiger partial charge in [-0.2, -0.15) is 0 Å². The number of rotatable bonds is 2. The number of hydrogen-bond donors (Lipinski definition) is 1. The van der Waals surface area contributed by atoms with E-state index in [1.54, 1.807) is 18.3 Å². The van der Waals surface area contributed by atoms with Gasteiger partial charge in [0.1, 0.15) is 10.1 Å². The largest absolute Gasteiger partial charge is 0.368 e. The van der Waals surface area contributed by atoms with Crippen LogP contribution in [0.25, 0.3) is 0 Å². The monoisotopic (exact) mass is 222 g/mol. The molecule has 0 aliphatic heterocycles. The fourth-order valence-electron chi connectivity index (χ4n) is 0.942. The zero-order valence-electron chi connectivity index (χ0n) is 7.59. The molecule has 0 amide bonds. The Balaban J connectivity index is 2.28. The van der Waals surface area contributed by atoms with Gasteiger partial charge in [-0.15, -0.1) is 0 Å². The van der Waals surface area contributed by atoms with E-state index in [1.165, 1.54) is 0 Å². The van der Waals surface area contributed by atoms with Crippen molar-refractivity contribution in [2.24, 2.45) is 0 Å². The Morgan fingerprint density at radius 3 is 2.87 bits per heavy atom. The Kier molecular flexibility index (Phi) is 2.77. The molecule has 0 aromatic carbocycles. The van der Waals surface area contributed by atoms with Gasteiger partial charge in [-0.1, -0.05) is 6.07 Å². The summed E-state index contributed by atoms with van der Waals surface area (Å²) in [5.41, 5.74) is 5.36. The lowest BCUT2D eigenvalue weighted by atomic mass is 10.5. The lowest BCUT2D eigenvalue weighted by molar-refractivity contribution is 0.580. The van der Waals surface area contributed by atoms with Crippen molar-refractivity contribution in [1.82, 2.24) is 15.0 Å². The van der Waals surface area contributed by atoms with E-state index in [9.17, 15) is 4.39 Å². The Morgan fingerprint density at radius 2 is 2.13 bits per heavy atom. The summed E-state index contributed by atoms with van der Waals surface area (Å²) in [7, 11) is 0. The quantitative estimate of drug-likeness (QED) is 0.784. The molecule has 0 atom stereocenters. The summed E-state index contributed by atoms with van der Waals surface area (Å²) in [5.74, 6) is -0.449. The smallest absolute Gasteiger partial charge is 0.221 e. The van der Waals surface area contributed by atoms with Gasteiger partial charge in [0.25, 0.3) is 0 Å². The average molecular weight is 222 g/mol. The van der Waals surface area contributed by atoms with Crippen molar-refractivity contribution >= 4 is 17.7 Å². The maximum Gasteiger partial charge on any atom is 0.221 e. The molecule has 15 heavy (non-hydrogen) atoms. The van der Waals surface area contributed by atoms with Crippen molar-refractivity contribution in [2.75, 3.05) is 5.73 Å². The van der Waals surface area contributed by atoms with Crippen LogP contribution in [-0.4, -0.2) is 15.0 Å². The fourth-order valence-corrected chi connectivity index (χ4v) is 1.69. The van der Waals surface area contributed by atoms with Gasteiger partial charge in [-0.25, -0.2) is 19.3 Å². The molecule has 0 unspecified atom stereocenters. The van der Waals surface area contributed by atoms with Crippen molar-refractivity contribution in [3.05, 3.63) is 36.4 Å². The van der Waals surface area contributed by atoms with Gasteiger partial charge in [0, 0.05) is 6.20 Å². The Hall–Kier alpha value is -1.69. The van der Waals surface area contributed by atoms with E-state index in [4.69, 9.17) is 5.73 Å². The molecule has 6 heteroatoms. The van der Waals surface area contributed by atoms with Gasteiger partial charge in [-0.05, 0) is 23.9 Å². The second-order valence-electron chi connectivity index (χ2n) is 2.65. The molecule has 0 aliphatic rings. The number of nitrogen functional groups attached to an aromatic ring is 1. The number of aromatic nitrogens is 3. The summed E-state index contributed by atoms with van der Waals surface area (Å²) in [6.07, 6.45) is 2.68. The molecule has 2 heterocycles. The molecule has 0 bridgehead atoms. The number of nitrogens with zero attached hydrogens (tertiary/aromatic N) is 3. The summed E-state index contributed by atoms with van der Waals surface area (Å²) in [4.78, 5) is 11.4. The predicted octanol–water partition coefficient (Wildman–Crippen LogP) is 1.74. The van der Waals surface area contributed by atoms with Crippen LogP contribution in [0.2, 0.25) is 0 Å². The normalized spacial score (nSPS) is 10.2. The molecule has 2 aromatic heterocycles. The van der Waals surface area contributed by atoms with E-state index in [2.05, 4.69) is 15.0 Å². The van der Waals surface area contributed by atoms with E-state index >= 15 is 0 Å². The second kappa shape index (κ2) is 4.22. The Bertz CT molecular complexity index is 463. The van der Waals surface area contributed by atoms with Crippen molar-refractivity contribution in [2.45, 2.75) is 10.1 Å². The minimum absolute atomic E-state index is 0.0508. The third-order valence-electron chi connectivity index (χ3n) is 1.57. The molecule has 4 nitrogen and oxygen atoms in total. The number of anilines is 1. The summed E-state index contributed by atoms with van der Waals surface area (Å²) in [6, 6.07) is 5.37. The summed E-state index contributed by atoms with van der Waals surface area (Å²) in [5, 5.41) is 0.843. The van der Waals surface area contributed by atoms with Gasteiger partial charge in [0.05, 0.1) is 6.20 Å². The highest BCUT2D eigenvalue weighted by molar-refractivity contribution is 7.99. The maximum atomic E-state index is 13.2. The lowest BCUT2D eigenvalue weighted by Crippen LogP contribution is -1.97. The third kappa shape index (κ3) is 2.41. The van der Waals surface area contributed by atoms with E-state index < -0.39 is 5.82 Å². The van der Waals surface area contributed by atoms with E-state index in [0.29, 0.717) is 5.03 Å². The van der Waals surface area contributed by atoms with E-state index in [-0.39, 0.29) is 11.0 Å². The maximum absolute atomic E-state index is 13.2. The Labute approximate surface area is 89.8 Å². The molecular weight excluding hydrogens is 215 g/mol. The molecule has 0 saturated carbocycles. The van der Waals surface area contributed by atoms with Gasteiger partial charge in [0.2, 0.25) is 5.95 Å². The van der Waals surface area contributed by atoms with Gasteiger partial charge < -0.3 is 5.73 Å². The summed E-state index contributed by atoms with van der Waals surface area (Å²) >= 11 is 1.11. The SMILES string of the molecule is Nc1ncc(F)c(Sc2ccccn2)n1. The van der Waals surface area contributed by atoms with Crippen LogP contribution in [0.15, 0.2) is 40.6 Å². The third-order valence-corrected chi connectivity index (χ3v) is 2.50. The van der Waals surface area contributed by atoms with Crippen LogP contribution < -0.4 is 5.73 Å². The van der Waals surface area contributed by atoms with Crippen LogP contribution in [0.5, 0.6) is 0 Å². The number of pyridine rings is 1. The molecular formula is C9H7FN4S. The molecule has 2 aromatic rings. The minimum atomic E-state index is -0.500. The van der Waals surface area contributed by atoms with Crippen LogP contribution >= 0.6 is 11.8 Å². The van der Waals surface area contributed by atoms with E-state index in [1.807, 2.05) is 6.07 Å². The summed E-state index contributed by atoms with van der Waals surface area (Å²) < 4.78 is 13.2. The predicted molar refractivity (Wildman–Crippen MR) is 54.8 cm³/mol. The van der Waals surface area contributed by atoms with Crippen molar-refractivity contribution in [3.63, 3.8) is 0 Å². The molecule has 76 valence electrons. The topological polar surface area (TPSA) is 64.7 Å². The summed E-state index contributed by atoms with van der Waals surface area (Å²) in [6.45, 7) is 0. The number of nitrogens with two attached hydrogens (primary N) is 1. The van der Waals surface area contributed by atoms with Gasteiger partial charge >= 0.3 is 0 Å². The first kappa shape index (κ1) is 9.85. The zero-order chi connectivity index (χ0) is 10.7. The van der Waals surface area contributed by atoms with Crippen LogP contribution in [0, 0.1) is 5.82 Å². The second-order valence-corrected chi connectivity index (χ2v) is 3.66. The molecule has 2 N–H and O–H groups in total. The number of hydrogen-bond acceptors (Lipinski definition) is 5.